The van der Waals surface area contributed by atoms with Crippen molar-refractivity contribution in [2.45, 2.75) is 13.0 Å². The first-order chi connectivity index (χ1) is 8.48. The molecule has 0 aliphatic carbocycles. The van der Waals surface area contributed by atoms with Crippen molar-refractivity contribution in [3.8, 4) is 5.75 Å². The predicted molar refractivity (Wildman–Crippen MR) is 71.4 cm³/mol. The molecule has 18 heavy (non-hydrogen) atoms. The Labute approximate surface area is 108 Å². The summed E-state index contributed by atoms with van der Waals surface area (Å²) in [5.74, 6) is 0.587. The summed E-state index contributed by atoms with van der Waals surface area (Å²) in [4.78, 5) is 2.26. The van der Waals surface area contributed by atoms with Crippen LogP contribution in [0.5, 0.6) is 5.75 Å². The van der Waals surface area contributed by atoms with E-state index in [4.69, 9.17) is 4.74 Å². The van der Waals surface area contributed by atoms with Crippen LogP contribution in [-0.4, -0.2) is 45.3 Å². The number of sulfonamides is 1. The van der Waals surface area contributed by atoms with E-state index in [1.54, 1.807) is 18.2 Å². The van der Waals surface area contributed by atoms with Gasteiger partial charge in [-0.05, 0) is 18.7 Å². The van der Waals surface area contributed by atoms with Gasteiger partial charge in [0.25, 0.3) is 0 Å². The highest BCUT2D eigenvalue weighted by molar-refractivity contribution is 7.92. The molecule has 0 saturated carbocycles. The number of nitrogens with zero attached hydrogens (tertiary/aromatic N) is 1. The quantitative estimate of drug-likeness (QED) is 0.871. The van der Waals surface area contributed by atoms with Crippen LogP contribution < -0.4 is 9.46 Å². The summed E-state index contributed by atoms with van der Waals surface area (Å²) in [5.41, 5.74) is 0.495. The largest absolute Gasteiger partial charge is 0.486 e. The molecule has 0 bridgehead atoms. The number of rotatable bonds is 5. The van der Waals surface area contributed by atoms with Gasteiger partial charge in [-0.15, -0.1) is 0 Å². The Morgan fingerprint density at radius 1 is 1.39 bits per heavy atom. The second-order valence-electron chi connectivity index (χ2n) is 4.46. The van der Waals surface area contributed by atoms with Gasteiger partial charge in [-0.2, -0.15) is 0 Å². The van der Waals surface area contributed by atoms with Crippen LogP contribution in [0.1, 0.15) is 6.92 Å². The number of hydrogen-bond donors (Lipinski definition) is 1. The molecule has 1 aliphatic rings. The molecule has 1 heterocycles. The second kappa shape index (κ2) is 5.16. The van der Waals surface area contributed by atoms with E-state index in [0.29, 0.717) is 11.4 Å². The molecule has 0 spiro atoms. The molecule has 1 aromatic carbocycles. The van der Waals surface area contributed by atoms with Gasteiger partial charge >= 0.3 is 0 Å². The molecular formula is C12H18N2O3S. The van der Waals surface area contributed by atoms with E-state index in [1.807, 2.05) is 6.07 Å². The highest BCUT2D eigenvalue weighted by atomic mass is 32.2. The summed E-state index contributed by atoms with van der Waals surface area (Å²) in [6, 6.07) is 7.09. The Morgan fingerprint density at radius 2 is 2.06 bits per heavy atom. The number of ether oxygens (including phenoxy) is 1. The minimum absolute atomic E-state index is 0.146. The van der Waals surface area contributed by atoms with Gasteiger partial charge in [0.05, 0.1) is 11.9 Å². The van der Waals surface area contributed by atoms with Gasteiger partial charge in [-0.1, -0.05) is 19.1 Å². The molecule has 0 unspecified atom stereocenters. The Hall–Kier alpha value is -1.27. The van der Waals surface area contributed by atoms with Crippen LogP contribution >= 0.6 is 0 Å². The molecule has 0 radical (unpaired) electrons. The average molecular weight is 270 g/mol. The van der Waals surface area contributed by atoms with E-state index in [2.05, 4.69) is 16.5 Å². The fourth-order valence-electron chi connectivity index (χ4n) is 1.89. The van der Waals surface area contributed by atoms with Crippen LogP contribution in [0.4, 0.5) is 5.69 Å². The van der Waals surface area contributed by atoms with Crippen LogP contribution in [0.3, 0.4) is 0 Å². The maximum absolute atomic E-state index is 11.2. The van der Waals surface area contributed by atoms with Gasteiger partial charge < -0.3 is 4.74 Å². The standard InChI is InChI=1S/C12H18N2O3S/c1-3-14-8-10(9-14)17-12-7-5-4-6-11(12)13-18(2,15)16/h4-7,10,13H,3,8-9H2,1-2H3. The Kier molecular flexibility index (Phi) is 3.77. The number of benzene rings is 1. The summed E-state index contributed by atoms with van der Waals surface area (Å²) < 4.78 is 30.7. The first kappa shape index (κ1) is 13.2. The van der Waals surface area contributed by atoms with Crippen LogP contribution in [0.2, 0.25) is 0 Å². The van der Waals surface area contributed by atoms with E-state index < -0.39 is 10.0 Å². The molecule has 1 N–H and O–H groups in total. The molecule has 0 atom stereocenters. The Bertz CT molecular complexity index is 510. The van der Waals surface area contributed by atoms with Gasteiger partial charge in [-0.25, -0.2) is 8.42 Å². The Morgan fingerprint density at radius 3 is 2.67 bits per heavy atom. The summed E-state index contributed by atoms with van der Waals surface area (Å²) in [6.45, 7) is 4.91. The second-order valence-corrected chi connectivity index (χ2v) is 6.21. The van der Waals surface area contributed by atoms with Crippen LogP contribution in [-0.2, 0) is 10.0 Å². The van der Waals surface area contributed by atoms with Crippen molar-refractivity contribution < 1.29 is 13.2 Å². The molecule has 5 nitrogen and oxygen atoms in total. The van der Waals surface area contributed by atoms with Gasteiger partial charge in [0.2, 0.25) is 10.0 Å². The zero-order chi connectivity index (χ0) is 13.2. The molecule has 1 fully saturated rings. The van der Waals surface area contributed by atoms with Gasteiger partial charge in [-0.3, -0.25) is 9.62 Å². The summed E-state index contributed by atoms with van der Waals surface area (Å²) in [7, 11) is -3.28. The van der Waals surface area contributed by atoms with Crippen molar-refractivity contribution in [1.29, 1.82) is 0 Å². The smallest absolute Gasteiger partial charge is 0.229 e. The van der Waals surface area contributed by atoms with Gasteiger partial charge in [0.15, 0.2) is 0 Å². The third kappa shape index (κ3) is 3.36. The van der Waals surface area contributed by atoms with E-state index >= 15 is 0 Å². The molecule has 1 aromatic rings. The van der Waals surface area contributed by atoms with Crippen molar-refractivity contribution in [2.24, 2.45) is 0 Å². The Balaban J connectivity index is 2.04. The molecule has 0 amide bonds. The minimum Gasteiger partial charge on any atom is -0.486 e. The van der Waals surface area contributed by atoms with Gasteiger partial charge in [0.1, 0.15) is 11.9 Å². The first-order valence-corrected chi connectivity index (χ1v) is 7.83. The van der Waals surface area contributed by atoms with Gasteiger partial charge in [0, 0.05) is 13.1 Å². The third-order valence-electron chi connectivity index (χ3n) is 2.85. The SMILES string of the molecule is CCN1CC(Oc2ccccc2NS(C)(=O)=O)C1. The van der Waals surface area contributed by atoms with Crippen LogP contribution in [0.15, 0.2) is 24.3 Å². The molecular weight excluding hydrogens is 252 g/mol. The molecule has 1 saturated heterocycles. The number of likely N-dealkylation sites (tertiary alicyclic amines) is 1. The monoisotopic (exact) mass is 270 g/mol. The van der Waals surface area contributed by atoms with Crippen LogP contribution in [0, 0.1) is 0 Å². The van der Waals surface area contributed by atoms with Crippen molar-refractivity contribution >= 4 is 15.7 Å². The number of anilines is 1. The molecule has 2 rings (SSSR count). The minimum atomic E-state index is -3.28. The highest BCUT2D eigenvalue weighted by Crippen LogP contribution is 2.27. The summed E-state index contributed by atoms with van der Waals surface area (Å²) in [6.07, 6.45) is 1.28. The predicted octanol–water partition coefficient (Wildman–Crippen LogP) is 1.14. The van der Waals surface area contributed by atoms with Crippen molar-refractivity contribution in [3.63, 3.8) is 0 Å². The van der Waals surface area contributed by atoms with Crippen molar-refractivity contribution in [2.75, 3.05) is 30.6 Å². The normalized spacial score (nSPS) is 17.2. The van der Waals surface area contributed by atoms with Crippen molar-refractivity contribution in [1.82, 2.24) is 4.90 Å². The third-order valence-corrected chi connectivity index (χ3v) is 3.44. The molecule has 1 aliphatic heterocycles. The average Bonchev–Trinajstić information content (AvgIpc) is 2.22. The fourth-order valence-corrected chi connectivity index (χ4v) is 2.46. The van der Waals surface area contributed by atoms with E-state index in [-0.39, 0.29) is 6.10 Å². The summed E-state index contributed by atoms with van der Waals surface area (Å²) in [5, 5.41) is 0. The number of hydrogen-bond acceptors (Lipinski definition) is 4. The first-order valence-electron chi connectivity index (χ1n) is 5.94. The highest BCUT2D eigenvalue weighted by Gasteiger charge is 2.27. The fraction of sp³-hybridized carbons (Fsp3) is 0.500. The number of likely N-dealkylation sites (N-methyl/N-ethyl adjacent to an activating group) is 1. The zero-order valence-electron chi connectivity index (χ0n) is 10.6. The lowest BCUT2D eigenvalue weighted by Gasteiger charge is -2.38. The zero-order valence-corrected chi connectivity index (χ0v) is 11.4. The molecule has 0 aromatic heterocycles. The summed E-state index contributed by atoms with van der Waals surface area (Å²) >= 11 is 0. The van der Waals surface area contributed by atoms with Crippen molar-refractivity contribution in [3.05, 3.63) is 24.3 Å². The lowest BCUT2D eigenvalue weighted by atomic mass is 10.1. The van der Waals surface area contributed by atoms with Crippen LogP contribution in [0.25, 0.3) is 0 Å². The van der Waals surface area contributed by atoms with E-state index in [1.165, 1.54) is 0 Å². The van der Waals surface area contributed by atoms with E-state index in [9.17, 15) is 8.42 Å². The molecule has 100 valence electrons. The maximum atomic E-state index is 11.2. The number of nitrogens with one attached hydrogen (secondary N) is 1. The topological polar surface area (TPSA) is 58.6 Å². The lowest BCUT2D eigenvalue weighted by Crippen LogP contribution is -2.53. The molecule has 6 heteroatoms. The number of para-hydroxylation sites is 2. The lowest BCUT2D eigenvalue weighted by molar-refractivity contribution is 0.0243. The maximum Gasteiger partial charge on any atom is 0.229 e. The van der Waals surface area contributed by atoms with E-state index in [0.717, 1.165) is 25.9 Å².